The van der Waals surface area contributed by atoms with Crippen molar-refractivity contribution in [3.63, 3.8) is 0 Å². The number of para-hydroxylation sites is 1. The van der Waals surface area contributed by atoms with Crippen molar-refractivity contribution in [3.8, 4) is 17.1 Å². The molecule has 142 valence electrons. The van der Waals surface area contributed by atoms with E-state index in [2.05, 4.69) is 28.3 Å². The van der Waals surface area contributed by atoms with E-state index in [-0.39, 0.29) is 11.7 Å². The van der Waals surface area contributed by atoms with Gasteiger partial charge in [0.2, 0.25) is 5.91 Å². The highest BCUT2D eigenvalue weighted by Crippen LogP contribution is 2.27. The van der Waals surface area contributed by atoms with E-state index in [9.17, 15) is 4.79 Å². The van der Waals surface area contributed by atoms with E-state index in [0.717, 1.165) is 11.3 Å². The first-order valence-corrected chi connectivity index (χ1v) is 9.76. The number of thioether (sulfide) groups is 1. The van der Waals surface area contributed by atoms with E-state index in [1.807, 2.05) is 47.0 Å². The molecular formula is C21H21N5OS. The minimum Gasteiger partial charge on any atom is -0.335 e. The first-order chi connectivity index (χ1) is 13.7. The molecule has 0 bridgehead atoms. The Bertz CT molecular complexity index is 930. The summed E-state index contributed by atoms with van der Waals surface area (Å²) in [6, 6.07) is 13.6. The molecule has 2 heterocycles. The first kappa shape index (κ1) is 19.6. The number of nitrogens with zero attached hydrogens (tertiary/aromatic N) is 5. The second kappa shape index (κ2) is 9.66. The van der Waals surface area contributed by atoms with Crippen molar-refractivity contribution < 1.29 is 4.79 Å². The highest BCUT2D eigenvalue weighted by Gasteiger charge is 2.18. The number of rotatable bonds is 9. The van der Waals surface area contributed by atoms with Gasteiger partial charge in [-0.3, -0.25) is 14.3 Å². The zero-order valence-corrected chi connectivity index (χ0v) is 16.3. The van der Waals surface area contributed by atoms with Crippen LogP contribution < -0.4 is 0 Å². The van der Waals surface area contributed by atoms with Crippen molar-refractivity contribution in [1.82, 2.24) is 24.6 Å². The molecule has 0 saturated carbocycles. The fourth-order valence-corrected chi connectivity index (χ4v) is 3.52. The molecule has 0 fully saturated rings. The fraction of sp³-hybridized carbons (Fsp3) is 0.143. The van der Waals surface area contributed by atoms with E-state index < -0.39 is 0 Å². The van der Waals surface area contributed by atoms with Crippen LogP contribution in [0.5, 0.6) is 0 Å². The SMILES string of the molecule is C=CCN(CC=C)C(=O)CSc1nnc(-c2ccncc2)n1-c1ccccc1. The average Bonchev–Trinajstić information content (AvgIpc) is 3.17. The molecule has 0 aliphatic rings. The van der Waals surface area contributed by atoms with Crippen LogP contribution in [0.4, 0.5) is 0 Å². The topological polar surface area (TPSA) is 63.9 Å². The maximum atomic E-state index is 12.6. The molecule has 3 aromatic rings. The van der Waals surface area contributed by atoms with Gasteiger partial charge in [-0.05, 0) is 24.3 Å². The van der Waals surface area contributed by atoms with Crippen LogP contribution in [-0.4, -0.2) is 49.4 Å². The summed E-state index contributed by atoms with van der Waals surface area (Å²) in [4.78, 5) is 18.3. The molecule has 0 N–H and O–H groups in total. The molecule has 3 rings (SSSR count). The number of pyridine rings is 1. The van der Waals surface area contributed by atoms with Gasteiger partial charge in [-0.1, -0.05) is 42.1 Å². The standard InChI is InChI=1S/C21H21N5OS/c1-3-14-25(15-4-2)19(27)16-28-21-24-23-20(17-10-12-22-13-11-17)26(21)18-8-6-5-7-9-18/h3-13H,1-2,14-16H2. The molecule has 2 aromatic heterocycles. The van der Waals surface area contributed by atoms with Crippen molar-refractivity contribution >= 4 is 17.7 Å². The smallest absolute Gasteiger partial charge is 0.233 e. The van der Waals surface area contributed by atoms with Crippen LogP contribution >= 0.6 is 11.8 Å². The molecule has 0 saturated heterocycles. The number of aromatic nitrogens is 4. The summed E-state index contributed by atoms with van der Waals surface area (Å²) in [5, 5.41) is 9.36. The summed E-state index contributed by atoms with van der Waals surface area (Å²) in [6.07, 6.45) is 6.86. The molecule has 0 atom stereocenters. The predicted molar refractivity (Wildman–Crippen MR) is 112 cm³/mol. The van der Waals surface area contributed by atoms with Crippen LogP contribution in [0, 0.1) is 0 Å². The highest BCUT2D eigenvalue weighted by atomic mass is 32.2. The summed E-state index contributed by atoms with van der Waals surface area (Å²) < 4.78 is 1.96. The van der Waals surface area contributed by atoms with Crippen LogP contribution in [0.3, 0.4) is 0 Å². The fourth-order valence-electron chi connectivity index (χ4n) is 2.67. The number of benzene rings is 1. The van der Waals surface area contributed by atoms with Gasteiger partial charge in [0.25, 0.3) is 0 Å². The summed E-state index contributed by atoms with van der Waals surface area (Å²) >= 11 is 1.36. The molecule has 7 heteroatoms. The van der Waals surface area contributed by atoms with Gasteiger partial charge in [0.1, 0.15) is 0 Å². The van der Waals surface area contributed by atoms with Gasteiger partial charge in [0.05, 0.1) is 5.75 Å². The average molecular weight is 392 g/mol. The van der Waals surface area contributed by atoms with Gasteiger partial charge < -0.3 is 4.90 Å². The van der Waals surface area contributed by atoms with Crippen molar-refractivity contribution in [2.24, 2.45) is 0 Å². The van der Waals surface area contributed by atoms with Gasteiger partial charge in [0.15, 0.2) is 11.0 Å². The lowest BCUT2D eigenvalue weighted by atomic mass is 10.2. The Morgan fingerprint density at radius 3 is 2.36 bits per heavy atom. The van der Waals surface area contributed by atoms with E-state index in [1.165, 1.54) is 11.8 Å². The normalized spacial score (nSPS) is 10.4. The van der Waals surface area contributed by atoms with Gasteiger partial charge in [-0.2, -0.15) is 0 Å². The number of carbonyl (C=O) groups excluding carboxylic acids is 1. The molecule has 6 nitrogen and oxygen atoms in total. The maximum Gasteiger partial charge on any atom is 0.233 e. The number of carbonyl (C=O) groups is 1. The zero-order chi connectivity index (χ0) is 19.8. The van der Waals surface area contributed by atoms with E-state index in [0.29, 0.717) is 24.1 Å². The van der Waals surface area contributed by atoms with Crippen molar-refractivity contribution in [2.45, 2.75) is 5.16 Å². The number of hydrogen-bond acceptors (Lipinski definition) is 5. The molecule has 0 aliphatic carbocycles. The lowest BCUT2D eigenvalue weighted by Crippen LogP contribution is -2.32. The zero-order valence-electron chi connectivity index (χ0n) is 15.4. The number of hydrogen-bond donors (Lipinski definition) is 0. The van der Waals surface area contributed by atoms with Gasteiger partial charge >= 0.3 is 0 Å². The van der Waals surface area contributed by atoms with E-state index >= 15 is 0 Å². The van der Waals surface area contributed by atoms with Crippen LogP contribution in [-0.2, 0) is 4.79 Å². The third-order valence-electron chi connectivity index (χ3n) is 3.96. The van der Waals surface area contributed by atoms with Crippen LogP contribution in [0.15, 0.2) is 85.3 Å². The second-order valence-corrected chi connectivity index (χ2v) is 6.82. The molecule has 1 aromatic carbocycles. The predicted octanol–water partition coefficient (Wildman–Crippen LogP) is 3.62. The Kier molecular flexibility index (Phi) is 6.75. The molecule has 0 radical (unpaired) electrons. The summed E-state index contributed by atoms with van der Waals surface area (Å²) in [6.45, 7) is 8.39. The molecule has 0 unspecified atom stereocenters. The van der Waals surface area contributed by atoms with E-state index in [1.54, 1.807) is 29.4 Å². The minimum atomic E-state index is -0.00197. The van der Waals surface area contributed by atoms with Crippen LogP contribution in [0.1, 0.15) is 0 Å². The maximum absolute atomic E-state index is 12.6. The quantitative estimate of drug-likeness (QED) is 0.412. The molecule has 0 aliphatic heterocycles. The lowest BCUT2D eigenvalue weighted by Gasteiger charge is -2.19. The third-order valence-corrected chi connectivity index (χ3v) is 4.88. The van der Waals surface area contributed by atoms with Gasteiger partial charge in [-0.25, -0.2) is 0 Å². The highest BCUT2D eigenvalue weighted by molar-refractivity contribution is 7.99. The second-order valence-electron chi connectivity index (χ2n) is 5.88. The summed E-state index contributed by atoms with van der Waals surface area (Å²) in [7, 11) is 0. The first-order valence-electron chi connectivity index (χ1n) is 8.78. The van der Waals surface area contributed by atoms with Gasteiger partial charge in [-0.15, -0.1) is 23.4 Å². The molecule has 0 spiro atoms. The Balaban J connectivity index is 1.89. The van der Waals surface area contributed by atoms with Crippen molar-refractivity contribution in [2.75, 3.05) is 18.8 Å². The molecule has 1 amide bonds. The Hall–Kier alpha value is -3.19. The molecule has 28 heavy (non-hydrogen) atoms. The summed E-state index contributed by atoms with van der Waals surface area (Å²) in [5.41, 5.74) is 1.84. The lowest BCUT2D eigenvalue weighted by molar-refractivity contribution is -0.127. The van der Waals surface area contributed by atoms with Gasteiger partial charge in [0, 0.05) is 36.7 Å². The Labute approximate surface area is 168 Å². The summed E-state index contributed by atoms with van der Waals surface area (Å²) in [5.74, 6) is 0.957. The van der Waals surface area contributed by atoms with Crippen molar-refractivity contribution in [1.29, 1.82) is 0 Å². The Morgan fingerprint density at radius 1 is 1.04 bits per heavy atom. The van der Waals surface area contributed by atoms with E-state index in [4.69, 9.17) is 0 Å². The Morgan fingerprint density at radius 2 is 1.71 bits per heavy atom. The molecular weight excluding hydrogens is 370 g/mol. The third kappa shape index (κ3) is 4.55. The largest absolute Gasteiger partial charge is 0.335 e. The van der Waals surface area contributed by atoms with Crippen LogP contribution in [0.25, 0.3) is 17.1 Å². The van der Waals surface area contributed by atoms with Crippen molar-refractivity contribution in [3.05, 3.63) is 80.2 Å². The minimum absolute atomic E-state index is 0.00197. The van der Waals surface area contributed by atoms with Crippen LogP contribution in [0.2, 0.25) is 0 Å². The monoisotopic (exact) mass is 391 g/mol. The number of amides is 1.